The first-order valence-electron chi connectivity index (χ1n) is 12.1. The summed E-state index contributed by atoms with van der Waals surface area (Å²) in [6.45, 7) is 1.18. The molecule has 45 heavy (non-hydrogen) atoms. The molecule has 0 aliphatic heterocycles. The molecule has 0 aromatic carbocycles. The molecule has 0 aliphatic rings. The molecular formula is C27H28Cl2N11NaO3Y. The third kappa shape index (κ3) is 10.6. The number of carbonyl (C=O) groups is 1. The number of pyridine rings is 2. The Morgan fingerprint density at radius 1 is 0.867 bits per heavy atom. The Morgan fingerprint density at radius 2 is 1.36 bits per heavy atom. The summed E-state index contributed by atoms with van der Waals surface area (Å²) in [7, 11) is 1.26. The molecule has 18 heteroatoms. The molecule has 0 unspecified atom stereocenters. The van der Waals surface area contributed by atoms with Gasteiger partial charge in [-0.25, -0.2) is 14.8 Å². The molecule has 14 nitrogen and oxygen atoms in total. The van der Waals surface area contributed by atoms with E-state index in [9.17, 15) is 4.79 Å². The Kier molecular flexibility index (Phi) is 17.6. The maximum Gasteiger partial charge on any atom is 1.00 e. The van der Waals surface area contributed by atoms with Crippen molar-refractivity contribution in [2.45, 2.75) is 20.5 Å². The first kappa shape index (κ1) is 40.2. The summed E-state index contributed by atoms with van der Waals surface area (Å²) in [6.07, 6.45) is 6.60. The Morgan fingerprint density at radius 3 is 1.82 bits per heavy atom. The largest absolute Gasteiger partial charge is 1.00 e. The molecule has 0 saturated carbocycles. The van der Waals surface area contributed by atoms with E-state index >= 15 is 0 Å². The van der Waals surface area contributed by atoms with Gasteiger partial charge in [0, 0.05) is 57.5 Å². The van der Waals surface area contributed by atoms with Crippen LogP contribution >= 0.6 is 23.2 Å². The van der Waals surface area contributed by atoms with Crippen molar-refractivity contribution < 1.29 is 77.0 Å². The molecule has 6 rings (SSSR count). The molecule has 6 heterocycles. The number of hydrogen-bond acceptors (Lipinski definition) is 10. The van der Waals surface area contributed by atoms with Gasteiger partial charge < -0.3 is 30.7 Å². The molecule has 5 N–H and O–H groups in total. The van der Waals surface area contributed by atoms with E-state index in [4.69, 9.17) is 40.0 Å². The molecule has 0 atom stereocenters. The molecule has 6 aromatic heterocycles. The van der Waals surface area contributed by atoms with Crippen molar-refractivity contribution in [1.82, 2.24) is 39.0 Å². The number of nitrogens with two attached hydrogens (primary N) is 1. The number of anilines is 2. The van der Waals surface area contributed by atoms with Crippen LogP contribution in [0.3, 0.4) is 0 Å². The van der Waals surface area contributed by atoms with Gasteiger partial charge in [0.2, 0.25) is 11.9 Å². The number of ether oxygens (including phenoxy) is 1. The van der Waals surface area contributed by atoms with Gasteiger partial charge in [0.05, 0.1) is 42.6 Å². The van der Waals surface area contributed by atoms with Gasteiger partial charge in [0.1, 0.15) is 11.0 Å². The minimum atomic E-state index is -0.650. The average molecular weight is 737 g/mol. The zero-order valence-corrected chi connectivity index (χ0v) is 29.9. The molecular weight excluding hydrogens is 709 g/mol. The second kappa shape index (κ2) is 19.7. The van der Waals surface area contributed by atoms with E-state index in [1.807, 2.05) is 64.0 Å². The van der Waals surface area contributed by atoms with Crippen LogP contribution in [0.1, 0.15) is 18.8 Å². The van der Waals surface area contributed by atoms with E-state index in [-0.39, 0.29) is 86.7 Å². The number of nitrogens with zero attached hydrogens (tertiary/aromatic N) is 8. The van der Waals surface area contributed by atoms with Gasteiger partial charge in [-0.05, 0) is 36.4 Å². The van der Waals surface area contributed by atoms with Crippen molar-refractivity contribution in [1.29, 1.82) is 0 Å². The summed E-state index contributed by atoms with van der Waals surface area (Å²) in [5, 5.41) is 9.25. The Bertz CT molecular complexity index is 1800. The Labute approximate surface area is 316 Å². The summed E-state index contributed by atoms with van der Waals surface area (Å²) in [6, 6.07) is 15.2. The maximum atomic E-state index is 11.2. The number of halogens is 2. The molecule has 0 bridgehead atoms. The molecule has 0 saturated heterocycles. The van der Waals surface area contributed by atoms with Crippen LogP contribution in [-0.4, -0.2) is 57.4 Å². The number of nitrogens with one attached hydrogen (secondary N) is 2. The van der Waals surface area contributed by atoms with Crippen LogP contribution in [0.25, 0.3) is 28.0 Å². The van der Waals surface area contributed by atoms with Crippen LogP contribution in [0.5, 0.6) is 0 Å². The van der Waals surface area contributed by atoms with Crippen molar-refractivity contribution in [3.63, 3.8) is 0 Å². The third-order valence-corrected chi connectivity index (χ3v) is 6.20. The summed E-state index contributed by atoms with van der Waals surface area (Å²) >= 11 is 12.3. The number of carbonyl (C=O) groups excluding carboxylic acids is 1. The standard InChI is InChI=1S/C14H12ClN5O2.C12H10ClN5.CH4.H2NO.Na.Y/c1-22-14(21)19-13-17-10-5-7-20(11(10)12(15)18-13)8-9-4-2-3-6-16-9;13-11-10-9(16-12(14)17-11)4-6-18(10)7-8-3-1-2-5-15-8;;1-2;;/h2-7H,8H2,1H3,(H,17,18,19,21);1-6H,7H2,(H2,14,16,17);1H4;1-2H;;/q;;;-1;+1;. The number of methoxy groups -OCH3 is 1. The van der Waals surface area contributed by atoms with Crippen LogP contribution < -0.4 is 40.6 Å². The van der Waals surface area contributed by atoms with Gasteiger partial charge in [0.15, 0.2) is 10.3 Å². The fourth-order valence-corrected chi connectivity index (χ4v) is 4.51. The van der Waals surface area contributed by atoms with Gasteiger partial charge in [-0.2, -0.15) is 9.97 Å². The number of aromatic nitrogens is 8. The average Bonchev–Trinajstić information content (AvgIpc) is 3.59. The van der Waals surface area contributed by atoms with Crippen LogP contribution in [0.15, 0.2) is 73.3 Å². The van der Waals surface area contributed by atoms with Gasteiger partial charge in [-0.1, -0.05) is 42.8 Å². The molecule has 0 spiro atoms. The molecule has 0 aliphatic carbocycles. The monoisotopic (exact) mass is 736 g/mol. The van der Waals surface area contributed by atoms with Crippen molar-refractivity contribution in [2.24, 2.45) is 0 Å². The van der Waals surface area contributed by atoms with E-state index in [1.54, 1.807) is 18.5 Å². The van der Waals surface area contributed by atoms with Crippen molar-refractivity contribution in [3.8, 4) is 0 Å². The second-order valence-corrected chi connectivity index (χ2v) is 9.04. The minimum Gasteiger partial charge on any atom is -0.553 e. The first-order valence-corrected chi connectivity index (χ1v) is 12.8. The smallest absolute Gasteiger partial charge is 0.553 e. The van der Waals surface area contributed by atoms with Crippen molar-refractivity contribution >= 4 is 63.3 Å². The fraction of sp³-hybridized carbons (Fsp3) is 0.148. The van der Waals surface area contributed by atoms with Crippen molar-refractivity contribution in [2.75, 3.05) is 18.2 Å². The fourth-order valence-electron chi connectivity index (χ4n) is 3.93. The number of rotatable bonds is 5. The minimum absolute atomic E-state index is 0. The molecule has 0 fully saturated rings. The SMILES string of the molecule is C.COC(=O)Nc1nc(Cl)c2c(ccn2Cc2ccccn2)n1.Nc1nc(Cl)c2c(ccn2Cc2ccccn2)n1.[NH-]O.[Na+].[Y]. The number of nitrogen functional groups attached to an aromatic ring is 1. The Balaban J connectivity index is 0.000000407. The van der Waals surface area contributed by atoms with Gasteiger partial charge in [0.25, 0.3) is 0 Å². The van der Waals surface area contributed by atoms with E-state index in [2.05, 4.69) is 40.0 Å². The number of fused-ring (bicyclic) bond motifs is 2. The van der Waals surface area contributed by atoms with E-state index < -0.39 is 6.09 Å². The van der Waals surface area contributed by atoms with E-state index in [0.29, 0.717) is 29.3 Å². The molecule has 1 amide bonds. The number of amides is 1. The maximum absolute atomic E-state index is 11.2. The molecule has 6 aromatic rings. The van der Waals surface area contributed by atoms with Crippen LogP contribution in [0, 0.1) is 0 Å². The normalized spacial score (nSPS) is 9.71. The summed E-state index contributed by atoms with van der Waals surface area (Å²) in [5.41, 5.74) is 10.2. The van der Waals surface area contributed by atoms with Gasteiger partial charge in [-0.3, -0.25) is 15.3 Å². The van der Waals surface area contributed by atoms with Gasteiger partial charge in [-0.15, -0.1) is 0 Å². The second-order valence-electron chi connectivity index (χ2n) is 8.32. The van der Waals surface area contributed by atoms with E-state index in [1.165, 1.54) is 7.11 Å². The predicted octanol–water partition coefficient (Wildman–Crippen LogP) is 2.88. The quantitative estimate of drug-likeness (QED) is 0.135. The zero-order chi connectivity index (χ0) is 30.1. The first-order chi connectivity index (χ1) is 20.4. The van der Waals surface area contributed by atoms with Crippen LogP contribution in [0.4, 0.5) is 16.7 Å². The van der Waals surface area contributed by atoms with Crippen LogP contribution in [-0.2, 0) is 50.5 Å². The van der Waals surface area contributed by atoms with Gasteiger partial charge >= 0.3 is 35.7 Å². The third-order valence-electron chi connectivity index (χ3n) is 5.67. The predicted molar refractivity (Wildman–Crippen MR) is 165 cm³/mol. The van der Waals surface area contributed by atoms with Crippen LogP contribution in [0.2, 0.25) is 10.3 Å². The van der Waals surface area contributed by atoms with E-state index in [0.717, 1.165) is 22.4 Å². The molecule has 227 valence electrons. The topological polar surface area (TPSA) is 196 Å². The Hall–Kier alpha value is -2.79. The summed E-state index contributed by atoms with van der Waals surface area (Å²) in [4.78, 5) is 36.2. The summed E-state index contributed by atoms with van der Waals surface area (Å²) in [5.74, 6) is 5.03. The zero-order valence-electron chi connectivity index (χ0n) is 23.6. The summed E-state index contributed by atoms with van der Waals surface area (Å²) < 4.78 is 8.37. The number of hydrogen-bond donors (Lipinski definition) is 3. The molecule has 1 radical (unpaired) electrons. The van der Waals surface area contributed by atoms with Crippen molar-refractivity contribution in [3.05, 3.63) is 101 Å².